The van der Waals surface area contributed by atoms with Gasteiger partial charge in [-0.3, -0.25) is 0 Å². The highest BCUT2D eigenvalue weighted by Gasteiger charge is 2.42. The minimum absolute atomic E-state index is 0.374. The summed E-state index contributed by atoms with van der Waals surface area (Å²) >= 11 is 0. The van der Waals surface area contributed by atoms with Crippen LogP contribution in [0.25, 0.3) is 0 Å². The lowest BCUT2D eigenvalue weighted by Gasteiger charge is -2.49. The zero-order valence-corrected chi connectivity index (χ0v) is 13.4. The van der Waals surface area contributed by atoms with E-state index < -0.39 is 0 Å². The van der Waals surface area contributed by atoms with E-state index >= 15 is 0 Å². The van der Waals surface area contributed by atoms with Crippen molar-refractivity contribution in [2.24, 2.45) is 23.0 Å². The fourth-order valence-electron chi connectivity index (χ4n) is 3.40. The highest BCUT2D eigenvalue weighted by molar-refractivity contribution is 4.94. The average molecular weight is 254 g/mol. The van der Waals surface area contributed by atoms with Crippen LogP contribution in [0, 0.1) is 17.3 Å². The zero-order chi connectivity index (χ0) is 13.9. The van der Waals surface area contributed by atoms with Crippen molar-refractivity contribution in [3.8, 4) is 0 Å². The maximum atomic E-state index is 6.25. The molecule has 0 radical (unpaired) electrons. The molecule has 2 heteroatoms. The SMILES string of the molecule is CCCN(CC1CCC(N)C(C)C1(C)C)C(C)C. The monoisotopic (exact) mass is 254 g/mol. The predicted molar refractivity (Wildman–Crippen MR) is 80.6 cm³/mol. The van der Waals surface area contributed by atoms with E-state index in [2.05, 4.69) is 46.4 Å². The van der Waals surface area contributed by atoms with Gasteiger partial charge in [-0.15, -0.1) is 0 Å². The maximum absolute atomic E-state index is 6.25. The van der Waals surface area contributed by atoms with E-state index in [0.29, 0.717) is 23.4 Å². The molecule has 1 fully saturated rings. The lowest BCUT2D eigenvalue weighted by Crippen LogP contribution is -2.50. The van der Waals surface area contributed by atoms with Gasteiger partial charge in [-0.1, -0.05) is 27.7 Å². The molecule has 1 aliphatic carbocycles. The molecule has 1 aliphatic rings. The van der Waals surface area contributed by atoms with Crippen LogP contribution in [-0.4, -0.2) is 30.1 Å². The van der Waals surface area contributed by atoms with Crippen molar-refractivity contribution in [3.63, 3.8) is 0 Å². The summed E-state index contributed by atoms with van der Waals surface area (Å²) in [5, 5.41) is 0. The Morgan fingerprint density at radius 2 is 1.89 bits per heavy atom. The number of hydrogen-bond donors (Lipinski definition) is 1. The molecule has 0 heterocycles. The Balaban J connectivity index is 2.70. The van der Waals surface area contributed by atoms with Gasteiger partial charge in [0.05, 0.1) is 0 Å². The van der Waals surface area contributed by atoms with Crippen molar-refractivity contribution in [1.29, 1.82) is 0 Å². The van der Waals surface area contributed by atoms with Crippen LogP contribution in [0.3, 0.4) is 0 Å². The summed E-state index contributed by atoms with van der Waals surface area (Å²) < 4.78 is 0. The van der Waals surface area contributed by atoms with Gasteiger partial charge in [-0.2, -0.15) is 0 Å². The smallest absolute Gasteiger partial charge is 0.00698 e. The zero-order valence-electron chi connectivity index (χ0n) is 13.4. The fourth-order valence-corrected chi connectivity index (χ4v) is 3.40. The van der Waals surface area contributed by atoms with Crippen molar-refractivity contribution >= 4 is 0 Å². The van der Waals surface area contributed by atoms with Crippen LogP contribution in [-0.2, 0) is 0 Å². The van der Waals surface area contributed by atoms with Gasteiger partial charge in [0.2, 0.25) is 0 Å². The largest absolute Gasteiger partial charge is 0.327 e. The molecule has 0 aromatic heterocycles. The van der Waals surface area contributed by atoms with E-state index in [1.807, 2.05) is 0 Å². The molecular weight excluding hydrogens is 220 g/mol. The quantitative estimate of drug-likeness (QED) is 0.813. The summed E-state index contributed by atoms with van der Waals surface area (Å²) in [6.45, 7) is 16.6. The molecule has 0 spiro atoms. The maximum Gasteiger partial charge on any atom is 0.00698 e. The van der Waals surface area contributed by atoms with Gasteiger partial charge >= 0.3 is 0 Å². The Labute approximate surface area is 114 Å². The fraction of sp³-hybridized carbons (Fsp3) is 1.00. The van der Waals surface area contributed by atoms with Gasteiger partial charge in [0.25, 0.3) is 0 Å². The normalized spacial score (nSPS) is 32.2. The molecular formula is C16H34N2. The third-order valence-electron chi connectivity index (χ3n) is 5.41. The van der Waals surface area contributed by atoms with E-state index in [4.69, 9.17) is 5.73 Å². The van der Waals surface area contributed by atoms with Crippen LogP contribution in [0.5, 0.6) is 0 Å². The van der Waals surface area contributed by atoms with Crippen LogP contribution in [0.1, 0.15) is 60.8 Å². The second-order valence-corrected chi connectivity index (χ2v) is 7.14. The molecule has 2 nitrogen and oxygen atoms in total. The molecule has 18 heavy (non-hydrogen) atoms. The molecule has 0 aromatic carbocycles. The Bertz CT molecular complexity index is 247. The summed E-state index contributed by atoms with van der Waals surface area (Å²) in [4.78, 5) is 2.65. The third kappa shape index (κ3) is 3.48. The minimum atomic E-state index is 0.374. The average Bonchev–Trinajstić information content (AvgIpc) is 2.29. The molecule has 0 bridgehead atoms. The number of rotatable bonds is 5. The lowest BCUT2D eigenvalue weighted by molar-refractivity contribution is 0.0218. The third-order valence-corrected chi connectivity index (χ3v) is 5.41. The van der Waals surface area contributed by atoms with Crippen LogP contribution in [0.4, 0.5) is 0 Å². The molecule has 0 aromatic rings. The summed E-state index contributed by atoms with van der Waals surface area (Å²) in [7, 11) is 0. The standard InChI is InChI=1S/C16H34N2/c1-7-10-18(12(2)3)11-14-8-9-15(17)13(4)16(14,5)6/h12-15H,7-11,17H2,1-6H3. The lowest BCUT2D eigenvalue weighted by atomic mass is 9.61. The topological polar surface area (TPSA) is 29.3 Å². The molecule has 0 saturated heterocycles. The van der Waals surface area contributed by atoms with Crippen LogP contribution in [0.15, 0.2) is 0 Å². The van der Waals surface area contributed by atoms with Crippen LogP contribution >= 0.6 is 0 Å². The van der Waals surface area contributed by atoms with Gasteiger partial charge in [0.15, 0.2) is 0 Å². The van der Waals surface area contributed by atoms with Gasteiger partial charge in [-0.05, 0) is 56.9 Å². The van der Waals surface area contributed by atoms with Gasteiger partial charge < -0.3 is 10.6 Å². The Morgan fingerprint density at radius 1 is 1.28 bits per heavy atom. The first-order chi connectivity index (χ1) is 8.30. The van der Waals surface area contributed by atoms with Gasteiger partial charge in [-0.25, -0.2) is 0 Å². The van der Waals surface area contributed by atoms with E-state index in [0.717, 1.165) is 5.92 Å². The molecule has 0 amide bonds. The van der Waals surface area contributed by atoms with Crippen molar-refractivity contribution in [3.05, 3.63) is 0 Å². The molecule has 3 unspecified atom stereocenters. The van der Waals surface area contributed by atoms with Crippen molar-refractivity contribution in [2.75, 3.05) is 13.1 Å². The van der Waals surface area contributed by atoms with Crippen molar-refractivity contribution in [2.45, 2.75) is 72.9 Å². The predicted octanol–water partition coefficient (Wildman–Crippen LogP) is 3.51. The highest BCUT2D eigenvalue weighted by atomic mass is 15.1. The Morgan fingerprint density at radius 3 is 2.39 bits per heavy atom. The second-order valence-electron chi connectivity index (χ2n) is 7.14. The summed E-state index contributed by atoms with van der Waals surface area (Å²) in [6.07, 6.45) is 3.75. The van der Waals surface area contributed by atoms with E-state index in [9.17, 15) is 0 Å². The summed E-state index contributed by atoms with van der Waals surface area (Å²) in [6, 6.07) is 1.06. The Kier molecular flexibility index (Phi) is 5.67. The van der Waals surface area contributed by atoms with Crippen LogP contribution < -0.4 is 5.73 Å². The first-order valence-corrected chi connectivity index (χ1v) is 7.80. The first kappa shape index (κ1) is 16.0. The number of nitrogens with two attached hydrogens (primary N) is 1. The van der Waals surface area contributed by atoms with Gasteiger partial charge in [0.1, 0.15) is 0 Å². The summed E-state index contributed by atoms with van der Waals surface area (Å²) in [5.41, 5.74) is 6.63. The van der Waals surface area contributed by atoms with E-state index in [-0.39, 0.29) is 0 Å². The Hall–Kier alpha value is -0.0800. The second kappa shape index (κ2) is 6.38. The van der Waals surface area contributed by atoms with E-state index in [1.165, 1.54) is 32.4 Å². The minimum Gasteiger partial charge on any atom is -0.327 e. The van der Waals surface area contributed by atoms with E-state index in [1.54, 1.807) is 0 Å². The summed E-state index contributed by atoms with van der Waals surface area (Å²) in [5.74, 6) is 1.42. The van der Waals surface area contributed by atoms with Crippen molar-refractivity contribution < 1.29 is 0 Å². The number of nitrogens with zero attached hydrogens (tertiary/aromatic N) is 1. The molecule has 1 rings (SSSR count). The molecule has 108 valence electrons. The molecule has 2 N–H and O–H groups in total. The highest BCUT2D eigenvalue weighted by Crippen LogP contribution is 2.44. The molecule has 1 saturated carbocycles. The molecule has 0 aliphatic heterocycles. The van der Waals surface area contributed by atoms with Crippen LogP contribution in [0.2, 0.25) is 0 Å². The molecule has 3 atom stereocenters. The first-order valence-electron chi connectivity index (χ1n) is 7.80. The van der Waals surface area contributed by atoms with Crippen molar-refractivity contribution in [1.82, 2.24) is 4.90 Å². The number of hydrogen-bond acceptors (Lipinski definition) is 2. The van der Waals surface area contributed by atoms with Gasteiger partial charge in [0, 0.05) is 18.6 Å².